The van der Waals surface area contributed by atoms with Crippen molar-refractivity contribution in [3.63, 3.8) is 0 Å². The zero-order valence-corrected chi connectivity index (χ0v) is 16.2. The summed E-state index contributed by atoms with van der Waals surface area (Å²) in [5, 5.41) is 4.83. The first-order valence-electron chi connectivity index (χ1n) is 8.82. The Morgan fingerprint density at radius 2 is 1.93 bits per heavy atom. The number of carbonyl (C=O) groups is 3. The summed E-state index contributed by atoms with van der Waals surface area (Å²) in [5.41, 5.74) is 1.94. The summed E-state index contributed by atoms with van der Waals surface area (Å²) in [5.74, 6) is -0.541. The molecule has 2 amide bonds. The van der Waals surface area contributed by atoms with Crippen LogP contribution in [0.4, 0.5) is 5.69 Å². The molecule has 7 heteroatoms. The highest BCUT2D eigenvalue weighted by Crippen LogP contribution is 2.24. The number of aryl methyl sites for hydroxylation is 1. The number of likely N-dealkylation sites (tertiary alicyclic amines) is 1. The van der Waals surface area contributed by atoms with Crippen LogP contribution in [0.15, 0.2) is 35.7 Å². The van der Waals surface area contributed by atoms with Crippen LogP contribution < -0.4 is 5.32 Å². The Labute approximate surface area is 162 Å². The first-order valence-corrected chi connectivity index (χ1v) is 9.70. The lowest BCUT2D eigenvalue weighted by molar-refractivity contribution is -0.121. The first-order chi connectivity index (χ1) is 13.0. The van der Waals surface area contributed by atoms with Crippen LogP contribution in [0.5, 0.6) is 0 Å². The van der Waals surface area contributed by atoms with E-state index >= 15 is 0 Å². The zero-order chi connectivity index (χ0) is 19.4. The lowest BCUT2D eigenvalue weighted by atomic mass is 9.95. The number of carbonyl (C=O) groups excluding carboxylic acids is 3. The van der Waals surface area contributed by atoms with Crippen LogP contribution in [0.25, 0.3) is 0 Å². The summed E-state index contributed by atoms with van der Waals surface area (Å²) in [7, 11) is 1.34. The van der Waals surface area contributed by atoms with Crippen molar-refractivity contribution >= 4 is 34.8 Å². The Balaban J connectivity index is 1.57. The van der Waals surface area contributed by atoms with Crippen LogP contribution in [0.1, 0.15) is 38.4 Å². The molecular formula is C20H22N2O4S. The predicted molar refractivity (Wildman–Crippen MR) is 104 cm³/mol. The van der Waals surface area contributed by atoms with Crippen molar-refractivity contribution in [1.29, 1.82) is 0 Å². The van der Waals surface area contributed by atoms with E-state index in [-0.39, 0.29) is 17.7 Å². The van der Waals surface area contributed by atoms with Gasteiger partial charge in [-0.2, -0.15) is 0 Å². The van der Waals surface area contributed by atoms with E-state index in [9.17, 15) is 14.4 Å². The fourth-order valence-corrected chi connectivity index (χ4v) is 3.88. The number of hydrogen-bond donors (Lipinski definition) is 1. The standard InChI is InChI=1S/C20H22N2O4S/c1-13-12-15(20(25)26-2)5-6-16(13)21-18(23)14-7-9-22(10-8-14)19(24)17-4-3-11-27-17/h3-6,11-12,14H,7-10H2,1-2H3,(H,21,23). The molecule has 27 heavy (non-hydrogen) atoms. The van der Waals surface area contributed by atoms with E-state index in [2.05, 4.69) is 5.32 Å². The summed E-state index contributed by atoms with van der Waals surface area (Å²) in [6.07, 6.45) is 1.28. The highest BCUT2D eigenvalue weighted by molar-refractivity contribution is 7.12. The molecule has 0 saturated carbocycles. The number of esters is 1. The smallest absolute Gasteiger partial charge is 0.337 e. The van der Waals surface area contributed by atoms with Crippen molar-refractivity contribution in [3.05, 3.63) is 51.7 Å². The number of piperidine rings is 1. The molecule has 1 saturated heterocycles. The largest absolute Gasteiger partial charge is 0.465 e. The second-order valence-corrected chi connectivity index (χ2v) is 7.50. The summed E-state index contributed by atoms with van der Waals surface area (Å²) >= 11 is 1.44. The maximum absolute atomic E-state index is 12.6. The van der Waals surface area contributed by atoms with Gasteiger partial charge in [-0.3, -0.25) is 9.59 Å². The third-order valence-electron chi connectivity index (χ3n) is 4.79. The molecule has 3 rings (SSSR count). The number of nitrogens with zero attached hydrogens (tertiary/aromatic N) is 1. The molecule has 1 aliphatic rings. The highest BCUT2D eigenvalue weighted by atomic mass is 32.1. The molecule has 2 aromatic rings. The fraction of sp³-hybridized carbons (Fsp3) is 0.350. The van der Waals surface area contributed by atoms with Gasteiger partial charge in [-0.15, -0.1) is 11.3 Å². The normalized spacial score (nSPS) is 14.7. The van der Waals surface area contributed by atoms with E-state index in [0.29, 0.717) is 37.2 Å². The molecule has 0 spiro atoms. The first kappa shape index (κ1) is 19.1. The number of thiophene rings is 1. The van der Waals surface area contributed by atoms with Crippen LogP contribution in [0, 0.1) is 12.8 Å². The molecule has 0 unspecified atom stereocenters. The number of ether oxygens (including phenoxy) is 1. The molecule has 0 atom stereocenters. The van der Waals surface area contributed by atoms with Crippen molar-refractivity contribution in [2.24, 2.45) is 5.92 Å². The number of benzene rings is 1. The summed E-state index contributed by atoms with van der Waals surface area (Å²) in [6, 6.07) is 8.74. The lowest BCUT2D eigenvalue weighted by Crippen LogP contribution is -2.41. The molecule has 6 nitrogen and oxygen atoms in total. The molecule has 1 aliphatic heterocycles. The van der Waals surface area contributed by atoms with E-state index in [1.165, 1.54) is 18.4 Å². The number of methoxy groups -OCH3 is 1. The zero-order valence-electron chi connectivity index (χ0n) is 15.4. The second-order valence-electron chi connectivity index (χ2n) is 6.55. The Bertz CT molecular complexity index is 840. The van der Waals surface area contributed by atoms with Crippen molar-refractivity contribution in [3.8, 4) is 0 Å². The van der Waals surface area contributed by atoms with Gasteiger partial charge in [0.05, 0.1) is 17.6 Å². The average molecular weight is 386 g/mol. The lowest BCUT2D eigenvalue weighted by Gasteiger charge is -2.31. The minimum absolute atomic E-state index is 0.0399. The van der Waals surface area contributed by atoms with Crippen LogP contribution in [0.3, 0.4) is 0 Å². The molecule has 142 valence electrons. The maximum Gasteiger partial charge on any atom is 0.337 e. The number of hydrogen-bond acceptors (Lipinski definition) is 5. The van der Waals surface area contributed by atoms with Crippen molar-refractivity contribution < 1.29 is 19.1 Å². The number of nitrogens with one attached hydrogen (secondary N) is 1. The Kier molecular flexibility index (Phi) is 5.91. The molecule has 0 bridgehead atoms. The van der Waals surface area contributed by atoms with Crippen LogP contribution >= 0.6 is 11.3 Å². The summed E-state index contributed by atoms with van der Waals surface area (Å²) < 4.78 is 4.71. The van der Waals surface area contributed by atoms with E-state index in [4.69, 9.17) is 4.74 Å². The molecule has 1 aromatic carbocycles. The summed E-state index contributed by atoms with van der Waals surface area (Å²) in [6.45, 7) is 2.99. The second kappa shape index (κ2) is 8.35. The van der Waals surface area contributed by atoms with Crippen LogP contribution in [-0.2, 0) is 9.53 Å². The summed E-state index contributed by atoms with van der Waals surface area (Å²) in [4.78, 5) is 39.1. The van der Waals surface area contributed by atoms with Gasteiger partial charge in [0.2, 0.25) is 5.91 Å². The maximum atomic E-state index is 12.6. The van der Waals surface area contributed by atoms with Crippen molar-refractivity contribution in [1.82, 2.24) is 4.90 Å². The molecule has 1 aromatic heterocycles. The van der Waals surface area contributed by atoms with Gasteiger partial charge >= 0.3 is 5.97 Å². The van der Waals surface area contributed by atoms with Gasteiger partial charge < -0.3 is 15.0 Å². The molecule has 1 N–H and O–H groups in total. The Hall–Kier alpha value is -2.67. The number of rotatable bonds is 4. The third kappa shape index (κ3) is 4.36. The van der Waals surface area contributed by atoms with Gasteiger partial charge in [0.15, 0.2) is 0 Å². The quantitative estimate of drug-likeness (QED) is 0.818. The van der Waals surface area contributed by atoms with Gasteiger partial charge in [0.25, 0.3) is 5.91 Å². The van der Waals surface area contributed by atoms with E-state index in [1.807, 2.05) is 29.3 Å². The molecular weight excluding hydrogens is 364 g/mol. The van der Waals surface area contributed by atoms with Gasteiger partial charge in [0, 0.05) is 24.7 Å². The van der Waals surface area contributed by atoms with E-state index in [0.717, 1.165) is 10.4 Å². The van der Waals surface area contributed by atoms with Crippen LogP contribution in [0.2, 0.25) is 0 Å². The van der Waals surface area contributed by atoms with Gasteiger partial charge in [-0.1, -0.05) is 6.07 Å². The molecule has 2 heterocycles. The molecule has 1 fully saturated rings. The predicted octanol–water partition coefficient (Wildman–Crippen LogP) is 3.33. The third-order valence-corrected chi connectivity index (χ3v) is 5.65. The Morgan fingerprint density at radius 3 is 2.52 bits per heavy atom. The number of amides is 2. The van der Waals surface area contributed by atoms with E-state index < -0.39 is 5.97 Å². The van der Waals surface area contributed by atoms with Crippen molar-refractivity contribution in [2.45, 2.75) is 19.8 Å². The average Bonchev–Trinajstić information content (AvgIpc) is 3.23. The Morgan fingerprint density at radius 1 is 1.19 bits per heavy atom. The molecule has 0 radical (unpaired) electrons. The fourth-order valence-electron chi connectivity index (χ4n) is 3.18. The topological polar surface area (TPSA) is 75.7 Å². The monoisotopic (exact) mass is 386 g/mol. The van der Waals surface area contributed by atoms with Crippen LogP contribution in [-0.4, -0.2) is 42.9 Å². The minimum Gasteiger partial charge on any atom is -0.465 e. The van der Waals surface area contributed by atoms with Gasteiger partial charge in [-0.25, -0.2) is 4.79 Å². The minimum atomic E-state index is -0.404. The highest BCUT2D eigenvalue weighted by Gasteiger charge is 2.28. The SMILES string of the molecule is COC(=O)c1ccc(NC(=O)C2CCN(C(=O)c3cccs3)CC2)c(C)c1. The van der Waals surface area contributed by atoms with Gasteiger partial charge in [0.1, 0.15) is 0 Å². The molecule has 0 aliphatic carbocycles. The number of anilines is 1. The van der Waals surface area contributed by atoms with Gasteiger partial charge in [-0.05, 0) is 55.0 Å². The van der Waals surface area contributed by atoms with E-state index in [1.54, 1.807) is 18.2 Å². The van der Waals surface area contributed by atoms with Crippen molar-refractivity contribution in [2.75, 3.05) is 25.5 Å².